The Morgan fingerprint density at radius 3 is 2.78 bits per heavy atom. The second-order valence-electron chi connectivity index (χ2n) is 3.63. The number of benzene rings is 1. The predicted molar refractivity (Wildman–Crippen MR) is 59.5 cm³/mol. The molecule has 0 spiro atoms. The molecule has 0 saturated carbocycles. The van der Waals surface area contributed by atoms with Crippen LogP contribution < -0.4 is 4.74 Å². The van der Waals surface area contributed by atoms with E-state index in [4.69, 9.17) is 4.74 Å². The van der Waals surface area contributed by atoms with E-state index in [1.54, 1.807) is 0 Å². The van der Waals surface area contributed by atoms with Crippen molar-refractivity contribution in [3.05, 3.63) is 47.8 Å². The molecule has 0 bridgehead atoms. The van der Waals surface area contributed by atoms with Crippen LogP contribution in [0.2, 0.25) is 0 Å². The average Bonchev–Trinajstić information content (AvgIpc) is 2.80. The molecular weight excluding hydrogens is 242 g/mol. The van der Waals surface area contributed by atoms with Crippen molar-refractivity contribution in [2.24, 2.45) is 0 Å². The predicted octanol–water partition coefficient (Wildman–Crippen LogP) is 2.05. The van der Waals surface area contributed by atoms with Crippen LogP contribution >= 0.6 is 0 Å². The van der Waals surface area contributed by atoms with Gasteiger partial charge in [0.25, 0.3) is 0 Å². The van der Waals surface area contributed by atoms with Gasteiger partial charge in [0.1, 0.15) is 6.54 Å². The first-order chi connectivity index (χ1) is 8.60. The van der Waals surface area contributed by atoms with Gasteiger partial charge < -0.3 is 4.74 Å². The van der Waals surface area contributed by atoms with Gasteiger partial charge in [0, 0.05) is 5.56 Å². The summed E-state index contributed by atoms with van der Waals surface area (Å²) >= 11 is 0. The van der Waals surface area contributed by atoms with Gasteiger partial charge in [-0.3, -0.25) is 9.48 Å². The van der Waals surface area contributed by atoms with Gasteiger partial charge in [-0.2, -0.15) is 5.10 Å². The third-order valence-electron chi connectivity index (χ3n) is 2.39. The molecule has 0 radical (unpaired) electrons. The fourth-order valence-electron chi connectivity index (χ4n) is 1.44. The van der Waals surface area contributed by atoms with Gasteiger partial charge in [0.2, 0.25) is 0 Å². The highest BCUT2D eigenvalue weighted by Gasteiger charge is 2.11. The summed E-state index contributed by atoms with van der Waals surface area (Å²) in [6, 6.07) is 3.03. The number of hydrogen-bond acceptors (Lipinski definition) is 3. The summed E-state index contributed by atoms with van der Waals surface area (Å²) in [7, 11) is 1.48. The Bertz CT molecular complexity index is 581. The minimum absolute atomic E-state index is 0.0611. The Balaban J connectivity index is 2.14. The molecule has 0 saturated heterocycles. The van der Waals surface area contributed by atoms with Crippen LogP contribution in [0.4, 0.5) is 8.78 Å². The van der Waals surface area contributed by atoms with Crippen molar-refractivity contribution in [1.82, 2.24) is 9.78 Å². The maximum Gasteiger partial charge on any atom is 0.184 e. The van der Waals surface area contributed by atoms with E-state index >= 15 is 0 Å². The van der Waals surface area contributed by atoms with E-state index in [1.807, 2.05) is 0 Å². The first kappa shape index (κ1) is 12.2. The minimum Gasteiger partial charge on any atom is -0.493 e. The highest BCUT2D eigenvalue weighted by Crippen LogP contribution is 2.11. The molecule has 0 aliphatic rings. The summed E-state index contributed by atoms with van der Waals surface area (Å²) in [5, 5.41) is 3.90. The Morgan fingerprint density at radius 1 is 1.39 bits per heavy atom. The lowest BCUT2D eigenvalue weighted by Crippen LogP contribution is -2.11. The molecule has 1 heterocycles. The molecule has 0 atom stereocenters. The zero-order chi connectivity index (χ0) is 13.1. The van der Waals surface area contributed by atoms with E-state index in [-0.39, 0.29) is 17.9 Å². The van der Waals surface area contributed by atoms with Crippen LogP contribution in [0.5, 0.6) is 5.75 Å². The highest BCUT2D eigenvalue weighted by atomic mass is 19.2. The van der Waals surface area contributed by atoms with Gasteiger partial charge >= 0.3 is 0 Å². The second-order valence-corrected chi connectivity index (χ2v) is 3.63. The Morgan fingerprint density at radius 2 is 2.17 bits per heavy atom. The number of rotatable bonds is 4. The third-order valence-corrected chi connectivity index (χ3v) is 2.39. The smallest absolute Gasteiger partial charge is 0.184 e. The van der Waals surface area contributed by atoms with Crippen molar-refractivity contribution in [2.75, 3.05) is 7.11 Å². The van der Waals surface area contributed by atoms with Crippen molar-refractivity contribution in [3.63, 3.8) is 0 Å². The van der Waals surface area contributed by atoms with Crippen molar-refractivity contribution in [1.29, 1.82) is 0 Å². The zero-order valence-corrected chi connectivity index (χ0v) is 9.56. The van der Waals surface area contributed by atoms with Gasteiger partial charge in [-0.15, -0.1) is 0 Å². The van der Waals surface area contributed by atoms with Crippen LogP contribution in [0, 0.1) is 11.6 Å². The summed E-state index contributed by atoms with van der Waals surface area (Å²) < 4.78 is 32.0. The fourth-order valence-corrected chi connectivity index (χ4v) is 1.44. The number of nitrogens with zero attached hydrogens (tertiary/aromatic N) is 2. The van der Waals surface area contributed by atoms with Gasteiger partial charge in [0.15, 0.2) is 23.2 Å². The number of aromatic nitrogens is 2. The number of ketones is 1. The first-order valence-corrected chi connectivity index (χ1v) is 5.15. The van der Waals surface area contributed by atoms with Crippen molar-refractivity contribution in [2.45, 2.75) is 6.54 Å². The number of halogens is 2. The maximum atomic E-state index is 13.0. The molecule has 2 aromatic rings. The van der Waals surface area contributed by atoms with Gasteiger partial charge in [-0.25, -0.2) is 8.78 Å². The lowest BCUT2D eigenvalue weighted by molar-refractivity contribution is 0.0967. The summed E-state index contributed by atoms with van der Waals surface area (Å²) in [6.45, 7) is -0.0611. The van der Waals surface area contributed by atoms with E-state index in [1.165, 1.54) is 30.3 Å². The van der Waals surface area contributed by atoms with E-state index in [9.17, 15) is 13.6 Å². The summed E-state index contributed by atoms with van der Waals surface area (Å²) in [5.41, 5.74) is 0.100. The van der Waals surface area contributed by atoms with Crippen molar-refractivity contribution >= 4 is 5.78 Å². The molecule has 1 aromatic carbocycles. The van der Waals surface area contributed by atoms with E-state index < -0.39 is 11.6 Å². The number of carbonyl (C=O) groups excluding carboxylic acids is 1. The SMILES string of the molecule is COc1cnn(CC(=O)c2ccc(F)c(F)c2)c1. The van der Waals surface area contributed by atoms with Crippen molar-refractivity contribution in [3.8, 4) is 5.75 Å². The Kier molecular flexibility index (Phi) is 3.36. The summed E-state index contributed by atoms with van der Waals surface area (Å²) in [6.07, 6.45) is 3.00. The lowest BCUT2D eigenvalue weighted by atomic mass is 10.1. The molecule has 1 aromatic heterocycles. The van der Waals surface area contributed by atoms with Crippen LogP contribution in [0.15, 0.2) is 30.6 Å². The van der Waals surface area contributed by atoms with Crippen LogP contribution in [-0.2, 0) is 6.54 Å². The average molecular weight is 252 g/mol. The monoisotopic (exact) mass is 252 g/mol. The number of hydrogen-bond donors (Lipinski definition) is 0. The number of carbonyl (C=O) groups is 1. The van der Waals surface area contributed by atoms with Crippen LogP contribution in [0.25, 0.3) is 0 Å². The summed E-state index contributed by atoms with van der Waals surface area (Å²) in [5.74, 6) is -1.86. The lowest BCUT2D eigenvalue weighted by Gasteiger charge is -2.02. The van der Waals surface area contributed by atoms with Crippen LogP contribution in [-0.4, -0.2) is 22.7 Å². The third kappa shape index (κ3) is 2.53. The molecule has 0 amide bonds. The molecule has 0 N–H and O–H groups in total. The normalized spacial score (nSPS) is 10.4. The van der Waals surface area contributed by atoms with E-state index in [0.29, 0.717) is 5.75 Å². The van der Waals surface area contributed by atoms with E-state index in [2.05, 4.69) is 5.10 Å². The Hall–Kier alpha value is -2.24. The molecule has 6 heteroatoms. The molecular formula is C12H10F2N2O2. The van der Waals surface area contributed by atoms with Crippen molar-refractivity contribution < 1.29 is 18.3 Å². The second kappa shape index (κ2) is 4.95. The topological polar surface area (TPSA) is 44.1 Å². The van der Waals surface area contributed by atoms with Gasteiger partial charge in [-0.1, -0.05) is 0 Å². The molecule has 4 nitrogen and oxygen atoms in total. The molecule has 2 rings (SSSR count). The number of ether oxygens (including phenoxy) is 1. The van der Waals surface area contributed by atoms with Gasteiger partial charge in [0.05, 0.1) is 19.5 Å². The molecule has 18 heavy (non-hydrogen) atoms. The molecule has 0 unspecified atom stereocenters. The molecule has 0 aliphatic heterocycles. The fraction of sp³-hybridized carbons (Fsp3) is 0.167. The van der Waals surface area contributed by atoms with Crippen LogP contribution in [0.3, 0.4) is 0 Å². The standard InChI is InChI=1S/C12H10F2N2O2/c1-18-9-5-15-16(6-9)7-12(17)8-2-3-10(13)11(14)4-8/h2-6H,7H2,1H3. The largest absolute Gasteiger partial charge is 0.493 e. The first-order valence-electron chi connectivity index (χ1n) is 5.15. The minimum atomic E-state index is -1.04. The Labute approximate surface area is 102 Å². The molecule has 94 valence electrons. The summed E-state index contributed by atoms with van der Waals surface area (Å²) in [4.78, 5) is 11.8. The van der Waals surface area contributed by atoms with Crippen LogP contribution in [0.1, 0.15) is 10.4 Å². The van der Waals surface area contributed by atoms with Gasteiger partial charge in [-0.05, 0) is 18.2 Å². The molecule has 0 aliphatic carbocycles. The highest BCUT2D eigenvalue weighted by molar-refractivity contribution is 5.95. The zero-order valence-electron chi connectivity index (χ0n) is 9.56. The van der Waals surface area contributed by atoms with E-state index in [0.717, 1.165) is 12.1 Å². The quantitative estimate of drug-likeness (QED) is 0.782. The number of methoxy groups -OCH3 is 1. The maximum absolute atomic E-state index is 13.0. The number of Topliss-reactive ketones (excluding diaryl/α,β-unsaturated/α-hetero) is 1. The molecule has 0 fully saturated rings.